The van der Waals surface area contributed by atoms with E-state index < -0.39 is 11.3 Å². The first-order chi connectivity index (χ1) is 8.27. The molecule has 0 aromatic heterocycles. The first-order valence-corrected chi connectivity index (χ1v) is 7.30. The SMILES string of the molecule is CC(C)(C)C1CC(F)(C2(O)CCCCC2)CCO1. The van der Waals surface area contributed by atoms with E-state index in [0.29, 0.717) is 32.3 Å². The lowest BCUT2D eigenvalue weighted by molar-refractivity contribution is -0.193. The summed E-state index contributed by atoms with van der Waals surface area (Å²) in [6.07, 6.45) is 4.83. The smallest absolute Gasteiger partial charge is 0.144 e. The Morgan fingerprint density at radius 1 is 1.11 bits per heavy atom. The molecular formula is C15H27FO2. The second-order valence-corrected chi connectivity index (χ2v) is 7.24. The number of alkyl halides is 1. The number of ether oxygens (including phenoxy) is 1. The van der Waals surface area contributed by atoms with Gasteiger partial charge in [-0.05, 0) is 18.3 Å². The topological polar surface area (TPSA) is 29.5 Å². The van der Waals surface area contributed by atoms with Gasteiger partial charge in [-0.15, -0.1) is 0 Å². The molecule has 0 spiro atoms. The van der Waals surface area contributed by atoms with E-state index in [2.05, 4.69) is 20.8 Å². The van der Waals surface area contributed by atoms with E-state index in [1.165, 1.54) is 0 Å². The van der Waals surface area contributed by atoms with Gasteiger partial charge in [0.15, 0.2) is 0 Å². The molecule has 2 atom stereocenters. The van der Waals surface area contributed by atoms with Gasteiger partial charge < -0.3 is 9.84 Å². The van der Waals surface area contributed by atoms with Crippen molar-refractivity contribution in [3.05, 3.63) is 0 Å². The molecule has 1 aliphatic heterocycles. The second kappa shape index (κ2) is 4.75. The number of rotatable bonds is 1. The van der Waals surface area contributed by atoms with Crippen molar-refractivity contribution in [1.29, 1.82) is 0 Å². The maximum atomic E-state index is 15.3. The van der Waals surface area contributed by atoms with Crippen LogP contribution in [-0.4, -0.2) is 29.1 Å². The average Bonchev–Trinajstić information content (AvgIpc) is 2.29. The summed E-state index contributed by atoms with van der Waals surface area (Å²) in [6.45, 7) is 6.66. The van der Waals surface area contributed by atoms with Crippen LogP contribution in [0.15, 0.2) is 0 Å². The lowest BCUT2D eigenvalue weighted by Gasteiger charge is -2.49. The summed E-state index contributed by atoms with van der Waals surface area (Å²) in [7, 11) is 0. The first kappa shape index (κ1) is 14.3. The first-order valence-electron chi connectivity index (χ1n) is 7.30. The molecule has 0 amide bonds. The van der Waals surface area contributed by atoms with Crippen LogP contribution in [0.25, 0.3) is 0 Å². The Kier molecular flexibility index (Phi) is 3.76. The minimum atomic E-state index is -1.45. The van der Waals surface area contributed by atoms with Gasteiger partial charge in [0.2, 0.25) is 0 Å². The van der Waals surface area contributed by atoms with E-state index in [-0.39, 0.29) is 11.5 Å². The Morgan fingerprint density at radius 3 is 2.28 bits per heavy atom. The maximum Gasteiger partial charge on any atom is 0.144 e. The van der Waals surface area contributed by atoms with Crippen LogP contribution in [0.5, 0.6) is 0 Å². The fourth-order valence-electron chi connectivity index (χ4n) is 3.38. The zero-order valence-electron chi connectivity index (χ0n) is 12.0. The molecule has 3 heteroatoms. The van der Waals surface area contributed by atoms with Crippen LogP contribution in [0.3, 0.4) is 0 Å². The quantitative estimate of drug-likeness (QED) is 0.778. The third-order valence-corrected chi connectivity index (χ3v) is 4.81. The Morgan fingerprint density at radius 2 is 1.72 bits per heavy atom. The number of halogens is 1. The summed E-state index contributed by atoms with van der Waals surface area (Å²) in [6, 6.07) is 0. The van der Waals surface area contributed by atoms with E-state index in [9.17, 15) is 5.11 Å². The summed E-state index contributed by atoms with van der Waals surface area (Å²) < 4.78 is 21.0. The number of hydrogen-bond donors (Lipinski definition) is 1. The van der Waals surface area contributed by atoms with E-state index in [1.807, 2.05) is 0 Å². The van der Waals surface area contributed by atoms with Gasteiger partial charge in [-0.2, -0.15) is 0 Å². The van der Waals surface area contributed by atoms with Crippen LogP contribution in [0.1, 0.15) is 65.7 Å². The molecule has 2 aliphatic rings. The van der Waals surface area contributed by atoms with Gasteiger partial charge in [0.1, 0.15) is 5.67 Å². The summed E-state index contributed by atoms with van der Waals surface area (Å²) in [4.78, 5) is 0. The highest BCUT2D eigenvalue weighted by Gasteiger charge is 2.55. The van der Waals surface area contributed by atoms with Gasteiger partial charge in [-0.1, -0.05) is 40.0 Å². The summed E-state index contributed by atoms with van der Waals surface area (Å²) in [5.41, 5.74) is -2.63. The summed E-state index contributed by atoms with van der Waals surface area (Å²) >= 11 is 0. The molecule has 2 nitrogen and oxygen atoms in total. The predicted molar refractivity (Wildman–Crippen MR) is 70.3 cm³/mol. The van der Waals surface area contributed by atoms with Crippen LogP contribution in [0.2, 0.25) is 0 Å². The molecule has 0 aromatic rings. The van der Waals surface area contributed by atoms with Crippen molar-refractivity contribution in [1.82, 2.24) is 0 Å². The van der Waals surface area contributed by atoms with Gasteiger partial charge in [0.05, 0.1) is 18.3 Å². The zero-order valence-corrected chi connectivity index (χ0v) is 12.0. The van der Waals surface area contributed by atoms with Crippen molar-refractivity contribution in [3.8, 4) is 0 Å². The lowest BCUT2D eigenvalue weighted by Crippen LogP contribution is -2.58. The molecule has 1 N–H and O–H groups in total. The predicted octanol–water partition coefficient (Wildman–Crippen LogP) is 3.62. The number of hydrogen-bond acceptors (Lipinski definition) is 2. The summed E-state index contributed by atoms with van der Waals surface area (Å²) in [5.74, 6) is 0. The molecule has 1 aliphatic carbocycles. The van der Waals surface area contributed by atoms with Gasteiger partial charge >= 0.3 is 0 Å². The maximum absolute atomic E-state index is 15.3. The van der Waals surface area contributed by atoms with Crippen LogP contribution < -0.4 is 0 Å². The van der Waals surface area contributed by atoms with Crippen LogP contribution >= 0.6 is 0 Å². The molecule has 2 fully saturated rings. The minimum Gasteiger partial charge on any atom is -0.387 e. The lowest BCUT2D eigenvalue weighted by atomic mass is 9.67. The zero-order chi connectivity index (χ0) is 13.4. The van der Waals surface area contributed by atoms with Crippen LogP contribution in [0.4, 0.5) is 4.39 Å². The Hall–Kier alpha value is -0.150. The monoisotopic (exact) mass is 258 g/mol. The van der Waals surface area contributed by atoms with Crippen molar-refractivity contribution in [2.75, 3.05) is 6.61 Å². The average molecular weight is 258 g/mol. The van der Waals surface area contributed by atoms with Crippen LogP contribution in [0, 0.1) is 5.41 Å². The molecule has 2 unspecified atom stereocenters. The largest absolute Gasteiger partial charge is 0.387 e. The Bertz CT molecular complexity index is 291. The molecule has 2 rings (SSSR count). The van der Waals surface area contributed by atoms with Crippen molar-refractivity contribution in [2.24, 2.45) is 5.41 Å². The fraction of sp³-hybridized carbons (Fsp3) is 1.00. The van der Waals surface area contributed by atoms with E-state index in [0.717, 1.165) is 19.3 Å². The Labute approximate surface area is 110 Å². The van der Waals surface area contributed by atoms with E-state index in [4.69, 9.17) is 4.74 Å². The molecule has 1 saturated heterocycles. The van der Waals surface area contributed by atoms with Crippen LogP contribution in [-0.2, 0) is 4.74 Å². The highest BCUT2D eigenvalue weighted by molar-refractivity contribution is 5.05. The van der Waals surface area contributed by atoms with Crippen molar-refractivity contribution in [3.63, 3.8) is 0 Å². The Balaban J connectivity index is 2.14. The number of aliphatic hydroxyl groups is 1. The minimum absolute atomic E-state index is 0.0667. The molecule has 0 aromatic carbocycles. The third kappa shape index (κ3) is 2.57. The molecule has 18 heavy (non-hydrogen) atoms. The molecule has 1 saturated carbocycles. The molecule has 0 bridgehead atoms. The molecule has 0 radical (unpaired) electrons. The molecular weight excluding hydrogens is 231 g/mol. The van der Waals surface area contributed by atoms with E-state index in [1.54, 1.807) is 0 Å². The normalized spacial score (nSPS) is 37.5. The van der Waals surface area contributed by atoms with Crippen molar-refractivity contribution < 1.29 is 14.2 Å². The highest BCUT2D eigenvalue weighted by Crippen LogP contribution is 2.48. The second-order valence-electron chi connectivity index (χ2n) is 7.24. The highest BCUT2D eigenvalue weighted by atomic mass is 19.1. The summed E-state index contributed by atoms with van der Waals surface area (Å²) in [5, 5.41) is 10.7. The van der Waals surface area contributed by atoms with Crippen molar-refractivity contribution in [2.45, 2.75) is 83.1 Å². The fourth-order valence-corrected chi connectivity index (χ4v) is 3.38. The molecule has 106 valence electrons. The third-order valence-electron chi connectivity index (χ3n) is 4.81. The standard InChI is InChI=1S/C15H27FO2/c1-13(2,3)12-11-14(16,9-10-18-12)15(17)7-5-4-6-8-15/h12,17H,4-11H2,1-3H3. The van der Waals surface area contributed by atoms with Gasteiger partial charge in [-0.3, -0.25) is 0 Å². The van der Waals surface area contributed by atoms with Gasteiger partial charge in [0, 0.05) is 12.8 Å². The van der Waals surface area contributed by atoms with E-state index >= 15 is 4.39 Å². The van der Waals surface area contributed by atoms with Gasteiger partial charge in [0.25, 0.3) is 0 Å². The molecule has 1 heterocycles. The van der Waals surface area contributed by atoms with Crippen molar-refractivity contribution >= 4 is 0 Å². The van der Waals surface area contributed by atoms with Gasteiger partial charge in [-0.25, -0.2) is 4.39 Å².